The molecule has 0 nitrogen and oxygen atoms in total. The van der Waals surface area contributed by atoms with Crippen molar-refractivity contribution in [2.45, 2.75) is 6.92 Å². The summed E-state index contributed by atoms with van der Waals surface area (Å²) in [6.45, 7) is 2.14. The van der Waals surface area contributed by atoms with Crippen LogP contribution in [-0.2, 0) is 0 Å². The van der Waals surface area contributed by atoms with Gasteiger partial charge in [0.1, 0.15) is 0 Å². The van der Waals surface area contributed by atoms with Crippen molar-refractivity contribution >= 4 is 24.3 Å². The highest BCUT2D eigenvalue weighted by molar-refractivity contribution is 5.87. The van der Waals surface area contributed by atoms with Gasteiger partial charge in [-0.15, -0.1) is 0 Å². The van der Waals surface area contributed by atoms with Gasteiger partial charge in [-0.05, 0) is 40.8 Å². The highest BCUT2D eigenvalue weighted by Gasteiger charge is 2.03. The molecule has 17 heavy (non-hydrogen) atoms. The molecule has 0 aliphatic heterocycles. The molecule has 0 spiro atoms. The Morgan fingerprint density at radius 3 is 2.35 bits per heavy atom. The number of rotatable bonds is 2. The predicted molar refractivity (Wildman–Crippen MR) is 75.5 cm³/mol. The minimum atomic E-state index is 1.26. The fourth-order valence-electron chi connectivity index (χ4n) is 2.04. The van der Waals surface area contributed by atoms with E-state index in [1.54, 1.807) is 0 Å². The van der Waals surface area contributed by atoms with Gasteiger partial charge in [0, 0.05) is 0 Å². The van der Waals surface area contributed by atoms with Crippen LogP contribution in [0.2, 0.25) is 0 Å². The van der Waals surface area contributed by atoms with E-state index in [2.05, 4.69) is 73.7 Å². The molecular formula is C17H14. The Bertz CT molecular complexity index is 616. The number of benzene rings is 2. The summed E-state index contributed by atoms with van der Waals surface area (Å²) >= 11 is 0. The van der Waals surface area contributed by atoms with Crippen LogP contribution in [0.1, 0.15) is 27.8 Å². The predicted octanol–water partition coefficient (Wildman–Crippen LogP) is 4.65. The summed E-state index contributed by atoms with van der Waals surface area (Å²) in [6.07, 6.45) is 8.65. The fraction of sp³-hybridized carbons (Fsp3) is 0.0588. The Morgan fingerprint density at radius 2 is 1.65 bits per heavy atom. The molecule has 0 saturated heterocycles. The van der Waals surface area contributed by atoms with Crippen LogP contribution in [0, 0.1) is 6.92 Å². The average Bonchev–Trinajstić information content (AvgIpc) is 2.31. The Morgan fingerprint density at radius 1 is 0.824 bits per heavy atom. The van der Waals surface area contributed by atoms with Crippen LogP contribution in [0.25, 0.3) is 24.3 Å². The maximum absolute atomic E-state index is 2.23. The van der Waals surface area contributed by atoms with Gasteiger partial charge in [-0.1, -0.05) is 60.7 Å². The zero-order valence-corrected chi connectivity index (χ0v) is 9.85. The van der Waals surface area contributed by atoms with Crippen LogP contribution >= 0.6 is 0 Å². The zero-order valence-electron chi connectivity index (χ0n) is 9.85. The summed E-state index contributed by atoms with van der Waals surface area (Å²) in [4.78, 5) is 0. The first-order chi connectivity index (χ1) is 8.33. The third kappa shape index (κ3) is 1.94. The Hall–Kier alpha value is -2.08. The molecule has 1 aliphatic rings. The highest BCUT2D eigenvalue weighted by atomic mass is 14.1. The monoisotopic (exact) mass is 218 g/mol. The molecule has 82 valence electrons. The summed E-state index contributed by atoms with van der Waals surface area (Å²) in [6, 6.07) is 15.0. The van der Waals surface area contributed by atoms with Gasteiger partial charge in [-0.2, -0.15) is 0 Å². The molecule has 0 saturated carbocycles. The molecule has 2 aromatic carbocycles. The normalized spacial score (nSPS) is 12.5. The quantitative estimate of drug-likeness (QED) is 0.549. The van der Waals surface area contributed by atoms with Gasteiger partial charge in [-0.3, -0.25) is 0 Å². The van der Waals surface area contributed by atoms with E-state index in [-0.39, 0.29) is 0 Å². The number of hydrogen-bond donors (Lipinski definition) is 0. The van der Waals surface area contributed by atoms with Gasteiger partial charge in [0.2, 0.25) is 0 Å². The second-order valence-electron chi connectivity index (χ2n) is 4.41. The SMILES string of the molecule is Cc1ccccc1C=Cc1ccc2c(c1)C=C2. The van der Waals surface area contributed by atoms with Crippen LogP contribution in [-0.4, -0.2) is 0 Å². The lowest BCUT2D eigenvalue weighted by molar-refractivity contribution is 1.45. The fourth-order valence-corrected chi connectivity index (χ4v) is 2.04. The van der Waals surface area contributed by atoms with E-state index >= 15 is 0 Å². The molecular weight excluding hydrogens is 204 g/mol. The largest absolute Gasteiger partial charge is 0.0620 e. The van der Waals surface area contributed by atoms with Gasteiger partial charge in [-0.25, -0.2) is 0 Å². The van der Waals surface area contributed by atoms with Crippen molar-refractivity contribution in [3.8, 4) is 0 Å². The molecule has 0 amide bonds. The van der Waals surface area contributed by atoms with Crippen LogP contribution < -0.4 is 0 Å². The Labute approximate surface area is 102 Å². The van der Waals surface area contributed by atoms with Crippen LogP contribution in [0.3, 0.4) is 0 Å². The summed E-state index contributed by atoms with van der Waals surface area (Å²) in [5.74, 6) is 0. The summed E-state index contributed by atoms with van der Waals surface area (Å²) < 4.78 is 0. The van der Waals surface area contributed by atoms with Gasteiger partial charge in [0.05, 0.1) is 0 Å². The molecule has 0 bridgehead atoms. The van der Waals surface area contributed by atoms with Crippen molar-refractivity contribution in [1.82, 2.24) is 0 Å². The van der Waals surface area contributed by atoms with Crippen LogP contribution in [0.4, 0.5) is 0 Å². The lowest BCUT2D eigenvalue weighted by Crippen LogP contribution is -1.89. The smallest absolute Gasteiger partial charge is 0.0178 e. The molecule has 1 aliphatic carbocycles. The van der Waals surface area contributed by atoms with Crippen molar-refractivity contribution in [2.75, 3.05) is 0 Å². The lowest BCUT2D eigenvalue weighted by Gasteiger charge is -2.10. The third-order valence-electron chi connectivity index (χ3n) is 3.20. The van der Waals surface area contributed by atoms with Crippen molar-refractivity contribution in [1.29, 1.82) is 0 Å². The van der Waals surface area contributed by atoms with E-state index in [4.69, 9.17) is 0 Å². The first-order valence-electron chi connectivity index (χ1n) is 5.89. The second kappa shape index (κ2) is 4.06. The van der Waals surface area contributed by atoms with Crippen molar-refractivity contribution in [3.63, 3.8) is 0 Å². The minimum absolute atomic E-state index is 1.26. The van der Waals surface area contributed by atoms with Crippen molar-refractivity contribution in [3.05, 3.63) is 70.3 Å². The molecule has 0 aromatic heterocycles. The third-order valence-corrected chi connectivity index (χ3v) is 3.20. The van der Waals surface area contributed by atoms with Crippen LogP contribution in [0.15, 0.2) is 42.5 Å². The molecule has 0 fully saturated rings. The molecule has 0 atom stereocenters. The standard InChI is InChI=1S/C17H14/c1-13-4-2-3-5-15(13)8-6-14-7-9-16-10-11-17(16)12-14/h2-12H,1H3. The van der Waals surface area contributed by atoms with Gasteiger partial charge in [0.15, 0.2) is 0 Å². The lowest BCUT2D eigenvalue weighted by atomic mass is 9.95. The summed E-state index contributed by atoms with van der Waals surface area (Å²) in [5, 5.41) is 0. The molecule has 0 heterocycles. The topological polar surface area (TPSA) is 0 Å². The van der Waals surface area contributed by atoms with E-state index in [1.165, 1.54) is 27.8 Å². The highest BCUT2D eigenvalue weighted by Crippen LogP contribution is 2.25. The Kier molecular flexibility index (Phi) is 2.41. The molecule has 2 aromatic rings. The van der Waals surface area contributed by atoms with E-state index in [1.807, 2.05) is 0 Å². The average molecular weight is 218 g/mol. The summed E-state index contributed by atoms with van der Waals surface area (Å²) in [7, 11) is 0. The van der Waals surface area contributed by atoms with E-state index in [0.717, 1.165) is 0 Å². The number of fused-ring (bicyclic) bond motifs is 1. The number of hydrogen-bond acceptors (Lipinski definition) is 0. The van der Waals surface area contributed by atoms with E-state index < -0.39 is 0 Å². The second-order valence-corrected chi connectivity index (χ2v) is 4.41. The minimum Gasteiger partial charge on any atom is -0.0620 e. The maximum atomic E-state index is 2.23. The first kappa shape index (κ1) is 10.1. The van der Waals surface area contributed by atoms with E-state index in [0.29, 0.717) is 0 Å². The van der Waals surface area contributed by atoms with Crippen molar-refractivity contribution < 1.29 is 0 Å². The van der Waals surface area contributed by atoms with Crippen LogP contribution in [0.5, 0.6) is 0 Å². The van der Waals surface area contributed by atoms with Gasteiger partial charge < -0.3 is 0 Å². The maximum Gasteiger partial charge on any atom is -0.0178 e. The molecule has 3 rings (SSSR count). The van der Waals surface area contributed by atoms with Gasteiger partial charge in [0.25, 0.3) is 0 Å². The molecule has 0 heteroatoms. The Balaban J connectivity index is 1.88. The number of aryl methyl sites for hydroxylation is 1. The molecule has 0 radical (unpaired) electrons. The zero-order chi connectivity index (χ0) is 11.7. The van der Waals surface area contributed by atoms with Gasteiger partial charge >= 0.3 is 0 Å². The molecule has 0 N–H and O–H groups in total. The summed E-state index contributed by atoms with van der Waals surface area (Å²) in [5.41, 5.74) is 6.55. The first-order valence-corrected chi connectivity index (χ1v) is 5.89. The van der Waals surface area contributed by atoms with E-state index in [9.17, 15) is 0 Å². The van der Waals surface area contributed by atoms with Crippen molar-refractivity contribution in [2.24, 2.45) is 0 Å². The molecule has 0 unspecified atom stereocenters.